The second-order valence-electron chi connectivity index (χ2n) is 7.83. The molecule has 2 fully saturated rings. The highest BCUT2D eigenvalue weighted by Crippen LogP contribution is 2.36. The van der Waals surface area contributed by atoms with Crippen LogP contribution < -0.4 is 5.32 Å². The molecule has 0 bridgehead atoms. The summed E-state index contributed by atoms with van der Waals surface area (Å²) < 4.78 is 0. The number of nitrogens with one attached hydrogen (secondary N) is 1. The normalized spacial score (nSPS) is 30.3. The largest absolute Gasteiger partial charge is 0.312 e. The van der Waals surface area contributed by atoms with Crippen molar-refractivity contribution in [1.82, 2.24) is 10.2 Å². The second-order valence-corrected chi connectivity index (χ2v) is 7.83. The lowest BCUT2D eigenvalue weighted by Crippen LogP contribution is -2.56. The Labute approximate surface area is 133 Å². The SMILES string of the molecule is CCCNC1CCC(CCC)CC1N(CC1CC1)C(C)C. The van der Waals surface area contributed by atoms with Crippen molar-refractivity contribution in [1.29, 1.82) is 0 Å². The van der Waals surface area contributed by atoms with Gasteiger partial charge in [0, 0.05) is 24.7 Å². The second kappa shape index (κ2) is 8.53. The van der Waals surface area contributed by atoms with Crippen LogP contribution in [0, 0.1) is 11.8 Å². The van der Waals surface area contributed by atoms with Crippen molar-refractivity contribution in [3.63, 3.8) is 0 Å². The third-order valence-corrected chi connectivity index (χ3v) is 5.53. The van der Waals surface area contributed by atoms with Crippen LogP contribution in [0.15, 0.2) is 0 Å². The molecule has 124 valence electrons. The molecule has 1 N–H and O–H groups in total. The van der Waals surface area contributed by atoms with Gasteiger partial charge in [0.15, 0.2) is 0 Å². The molecule has 2 aliphatic carbocycles. The number of hydrogen-bond acceptors (Lipinski definition) is 2. The predicted octanol–water partition coefficient (Wildman–Crippen LogP) is 4.44. The molecule has 3 unspecified atom stereocenters. The third kappa shape index (κ3) is 5.25. The Kier molecular flexibility index (Phi) is 7.01. The van der Waals surface area contributed by atoms with E-state index in [-0.39, 0.29) is 0 Å². The molecule has 0 spiro atoms. The smallest absolute Gasteiger partial charge is 0.0254 e. The zero-order valence-corrected chi connectivity index (χ0v) is 14.9. The zero-order chi connectivity index (χ0) is 15.2. The Morgan fingerprint density at radius 2 is 1.71 bits per heavy atom. The minimum absolute atomic E-state index is 0.696. The van der Waals surface area contributed by atoms with Gasteiger partial charge in [-0.2, -0.15) is 0 Å². The first kappa shape index (κ1) is 17.3. The van der Waals surface area contributed by atoms with Gasteiger partial charge in [-0.3, -0.25) is 4.90 Å². The number of rotatable bonds is 9. The van der Waals surface area contributed by atoms with Gasteiger partial charge in [0.2, 0.25) is 0 Å². The van der Waals surface area contributed by atoms with Crippen LogP contribution in [-0.2, 0) is 0 Å². The third-order valence-electron chi connectivity index (χ3n) is 5.53. The van der Waals surface area contributed by atoms with E-state index >= 15 is 0 Å². The van der Waals surface area contributed by atoms with Crippen molar-refractivity contribution in [2.75, 3.05) is 13.1 Å². The van der Waals surface area contributed by atoms with E-state index in [1.165, 1.54) is 64.5 Å². The number of nitrogens with zero attached hydrogens (tertiary/aromatic N) is 1. The quantitative estimate of drug-likeness (QED) is 0.676. The van der Waals surface area contributed by atoms with Crippen molar-refractivity contribution in [3.05, 3.63) is 0 Å². The maximum atomic E-state index is 3.87. The van der Waals surface area contributed by atoms with E-state index in [4.69, 9.17) is 0 Å². The minimum Gasteiger partial charge on any atom is -0.312 e. The van der Waals surface area contributed by atoms with Gasteiger partial charge in [0.1, 0.15) is 0 Å². The Balaban J connectivity index is 2.01. The van der Waals surface area contributed by atoms with Gasteiger partial charge in [-0.15, -0.1) is 0 Å². The average molecular weight is 295 g/mol. The van der Waals surface area contributed by atoms with E-state index in [1.54, 1.807) is 0 Å². The van der Waals surface area contributed by atoms with Crippen LogP contribution in [0.25, 0.3) is 0 Å². The Hall–Kier alpha value is -0.0800. The fraction of sp³-hybridized carbons (Fsp3) is 1.00. The molecule has 2 aliphatic rings. The van der Waals surface area contributed by atoms with Crippen molar-refractivity contribution < 1.29 is 0 Å². The van der Waals surface area contributed by atoms with E-state index in [0.717, 1.165) is 23.9 Å². The molecule has 0 aromatic rings. The fourth-order valence-electron chi connectivity index (χ4n) is 4.16. The van der Waals surface area contributed by atoms with Crippen molar-refractivity contribution in [2.24, 2.45) is 11.8 Å². The molecule has 21 heavy (non-hydrogen) atoms. The zero-order valence-electron chi connectivity index (χ0n) is 14.9. The van der Waals surface area contributed by atoms with Crippen molar-refractivity contribution in [3.8, 4) is 0 Å². The first-order valence-corrected chi connectivity index (χ1v) is 9.64. The maximum Gasteiger partial charge on any atom is 0.0254 e. The van der Waals surface area contributed by atoms with Gasteiger partial charge in [-0.1, -0.05) is 26.7 Å². The summed E-state index contributed by atoms with van der Waals surface area (Å²) in [5.74, 6) is 1.98. The molecule has 0 aromatic heterocycles. The lowest BCUT2D eigenvalue weighted by atomic mass is 9.79. The summed E-state index contributed by atoms with van der Waals surface area (Å²) in [5.41, 5.74) is 0. The van der Waals surface area contributed by atoms with E-state index in [0.29, 0.717) is 6.04 Å². The van der Waals surface area contributed by atoms with Gasteiger partial charge in [0.05, 0.1) is 0 Å². The molecule has 0 saturated heterocycles. The molecule has 3 atom stereocenters. The van der Waals surface area contributed by atoms with Gasteiger partial charge in [-0.05, 0) is 70.8 Å². The highest BCUT2D eigenvalue weighted by atomic mass is 15.2. The van der Waals surface area contributed by atoms with Crippen molar-refractivity contribution in [2.45, 2.75) is 97.2 Å². The number of hydrogen-bond donors (Lipinski definition) is 1. The molecule has 0 radical (unpaired) electrons. The summed E-state index contributed by atoms with van der Waals surface area (Å²) in [6.07, 6.45) is 11.3. The maximum absolute atomic E-state index is 3.87. The molecular formula is C19H38N2. The van der Waals surface area contributed by atoms with Crippen LogP contribution in [0.3, 0.4) is 0 Å². The van der Waals surface area contributed by atoms with Crippen molar-refractivity contribution >= 4 is 0 Å². The van der Waals surface area contributed by atoms with Crippen LogP contribution >= 0.6 is 0 Å². The molecule has 0 amide bonds. The molecular weight excluding hydrogens is 256 g/mol. The van der Waals surface area contributed by atoms with E-state index in [1.807, 2.05) is 0 Å². The highest BCUT2D eigenvalue weighted by molar-refractivity contribution is 4.94. The summed E-state index contributed by atoms with van der Waals surface area (Å²) in [5, 5.41) is 3.87. The van der Waals surface area contributed by atoms with E-state index in [2.05, 4.69) is 37.9 Å². The molecule has 0 aromatic carbocycles. The molecule has 2 rings (SSSR count). The van der Waals surface area contributed by atoms with Crippen LogP contribution in [0.1, 0.15) is 79.1 Å². The van der Waals surface area contributed by atoms with Crippen LogP contribution in [0.5, 0.6) is 0 Å². The first-order valence-electron chi connectivity index (χ1n) is 9.64. The fourth-order valence-corrected chi connectivity index (χ4v) is 4.16. The minimum atomic E-state index is 0.696. The summed E-state index contributed by atoms with van der Waals surface area (Å²) in [4.78, 5) is 2.85. The first-order chi connectivity index (χ1) is 10.2. The summed E-state index contributed by atoms with van der Waals surface area (Å²) in [7, 11) is 0. The van der Waals surface area contributed by atoms with Crippen LogP contribution in [0.4, 0.5) is 0 Å². The Morgan fingerprint density at radius 3 is 2.29 bits per heavy atom. The summed E-state index contributed by atoms with van der Waals surface area (Å²) in [6.45, 7) is 12.0. The molecule has 2 nitrogen and oxygen atoms in total. The van der Waals surface area contributed by atoms with Crippen LogP contribution in [0.2, 0.25) is 0 Å². The topological polar surface area (TPSA) is 15.3 Å². The van der Waals surface area contributed by atoms with Gasteiger partial charge >= 0.3 is 0 Å². The summed E-state index contributed by atoms with van der Waals surface area (Å²) >= 11 is 0. The molecule has 0 heterocycles. The standard InChI is InChI=1S/C19H38N2/c1-5-7-16-10-11-18(20-12-6-2)19(13-16)21(15(3)4)14-17-8-9-17/h15-20H,5-14H2,1-4H3. The lowest BCUT2D eigenvalue weighted by Gasteiger charge is -2.45. The van der Waals surface area contributed by atoms with Gasteiger partial charge in [0.25, 0.3) is 0 Å². The molecule has 0 aliphatic heterocycles. The Morgan fingerprint density at radius 1 is 1.00 bits per heavy atom. The average Bonchev–Trinajstić information content (AvgIpc) is 3.27. The van der Waals surface area contributed by atoms with Gasteiger partial charge in [-0.25, -0.2) is 0 Å². The monoisotopic (exact) mass is 294 g/mol. The predicted molar refractivity (Wildman–Crippen MR) is 92.7 cm³/mol. The van der Waals surface area contributed by atoms with Gasteiger partial charge < -0.3 is 5.32 Å². The van der Waals surface area contributed by atoms with E-state index < -0.39 is 0 Å². The van der Waals surface area contributed by atoms with E-state index in [9.17, 15) is 0 Å². The highest BCUT2D eigenvalue weighted by Gasteiger charge is 2.37. The lowest BCUT2D eigenvalue weighted by molar-refractivity contribution is 0.0649. The molecule has 2 heteroatoms. The Bertz CT molecular complexity index is 285. The summed E-state index contributed by atoms with van der Waals surface area (Å²) in [6, 6.07) is 2.21. The molecule has 2 saturated carbocycles. The van der Waals surface area contributed by atoms with Crippen LogP contribution in [-0.4, -0.2) is 36.1 Å².